The first-order chi connectivity index (χ1) is 10.9. The molecule has 23 heavy (non-hydrogen) atoms. The van der Waals surface area contributed by atoms with Gasteiger partial charge in [0.05, 0.1) is 0 Å². The fraction of sp³-hybridized carbons (Fsp3) is 0.188. The summed E-state index contributed by atoms with van der Waals surface area (Å²) in [5.74, 6) is -0.110. The van der Waals surface area contributed by atoms with E-state index in [4.69, 9.17) is 9.47 Å². The van der Waals surface area contributed by atoms with Gasteiger partial charge in [-0.1, -0.05) is 18.2 Å². The first-order valence-electron chi connectivity index (χ1n) is 6.50. The van der Waals surface area contributed by atoms with Gasteiger partial charge in [-0.15, -0.1) is 13.2 Å². The topological polar surface area (TPSA) is 44.8 Å². The monoisotopic (exact) mass is 326 g/mol. The molecule has 7 heteroatoms. The van der Waals surface area contributed by atoms with Crippen molar-refractivity contribution in [3.05, 3.63) is 48.0 Å². The predicted molar refractivity (Wildman–Crippen MR) is 76.5 cm³/mol. The van der Waals surface area contributed by atoms with E-state index >= 15 is 0 Å². The number of hydrogen-bond donors (Lipinski definition) is 0. The van der Waals surface area contributed by atoms with Crippen LogP contribution in [-0.4, -0.2) is 26.6 Å². The molecule has 0 unspecified atom stereocenters. The second kappa shape index (κ2) is 7.15. The minimum absolute atomic E-state index is 0.0696. The summed E-state index contributed by atoms with van der Waals surface area (Å²) >= 11 is 0. The number of ether oxygens (including phenoxy) is 3. The number of rotatable bonds is 6. The number of halogens is 3. The van der Waals surface area contributed by atoms with Gasteiger partial charge in [0.2, 0.25) is 0 Å². The van der Waals surface area contributed by atoms with Gasteiger partial charge < -0.3 is 14.2 Å². The summed E-state index contributed by atoms with van der Waals surface area (Å²) in [7, 11) is 1.42. The van der Waals surface area contributed by atoms with E-state index < -0.39 is 12.1 Å². The molecule has 0 fully saturated rings. The van der Waals surface area contributed by atoms with Crippen LogP contribution in [-0.2, 0) is 4.74 Å². The van der Waals surface area contributed by atoms with Gasteiger partial charge in [-0.2, -0.15) is 0 Å². The van der Waals surface area contributed by atoms with Crippen LogP contribution in [0.25, 0.3) is 11.1 Å². The Kier molecular flexibility index (Phi) is 5.23. The van der Waals surface area contributed by atoms with E-state index in [1.165, 1.54) is 19.2 Å². The number of carbonyl (C=O) groups is 1. The number of para-hydroxylation sites is 1. The fourth-order valence-corrected chi connectivity index (χ4v) is 1.98. The zero-order valence-electron chi connectivity index (χ0n) is 12.1. The third kappa shape index (κ3) is 4.46. The second-order valence-corrected chi connectivity index (χ2v) is 4.47. The molecule has 0 aliphatic carbocycles. The smallest absolute Gasteiger partial charge is 0.467 e. The minimum atomic E-state index is -4.85. The Balaban J connectivity index is 2.54. The highest BCUT2D eigenvalue weighted by atomic mass is 19.4. The van der Waals surface area contributed by atoms with Gasteiger partial charge in [0, 0.05) is 23.8 Å². The average Bonchev–Trinajstić information content (AvgIpc) is 2.52. The molecule has 0 atom stereocenters. The zero-order valence-corrected chi connectivity index (χ0v) is 12.1. The largest absolute Gasteiger partial charge is 0.573 e. The Bertz CT molecular complexity index is 683. The van der Waals surface area contributed by atoms with E-state index in [9.17, 15) is 18.0 Å². The second-order valence-electron chi connectivity index (χ2n) is 4.47. The average molecular weight is 326 g/mol. The lowest BCUT2D eigenvalue weighted by atomic mass is 10.0. The molecule has 0 N–H and O–H groups in total. The Labute approximate surface area is 130 Å². The molecule has 2 aromatic carbocycles. The molecule has 4 nitrogen and oxygen atoms in total. The Morgan fingerprint density at radius 1 is 1.04 bits per heavy atom. The fourth-order valence-electron chi connectivity index (χ4n) is 1.98. The summed E-state index contributed by atoms with van der Waals surface area (Å²) in [6.07, 6.45) is -4.31. The van der Waals surface area contributed by atoms with Crippen LogP contribution >= 0.6 is 0 Å². The summed E-state index contributed by atoms with van der Waals surface area (Å²) in [5.41, 5.74) is 0.669. The van der Waals surface area contributed by atoms with Crippen LogP contribution in [0.1, 0.15) is 10.4 Å². The quantitative estimate of drug-likeness (QED) is 0.593. The van der Waals surface area contributed by atoms with Crippen molar-refractivity contribution >= 4 is 6.29 Å². The van der Waals surface area contributed by atoms with Crippen molar-refractivity contribution < 1.29 is 32.2 Å². The summed E-state index contributed by atoms with van der Waals surface area (Å²) in [6.45, 7) is -0.0696. The standard InChI is InChI=1S/C16H13F3O4/c1-21-10-22-14-5-3-2-4-12(14)13-8-11(9-20)6-7-15(13)23-16(17,18)19/h2-9H,10H2,1H3. The maximum atomic E-state index is 12.6. The summed E-state index contributed by atoms with van der Waals surface area (Å²) in [6, 6.07) is 10.1. The minimum Gasteiger partial charge on any atom is -0.467 e. The highest BCUT2D eigenvalue weighted by Crippen LogP contribution is 2.39. The Morgan fingerprint density at radius 2 is 1.78 bits per heavy atom. The number of hydrogen-bond acceptors (Lipinski definition) is 4. The molecule has 2 aromatic rings. The van der Waals surface area contributed by atoms with Crippen LogP contribution in [0.2, 0.25) is 0 Å². The Hall–Kier alpha value is -2.54. The molecule has 122 valence electrons. The first kappa shape index (κ1) is 16.8. The summed E-state index contributed by atoms with van der Waals surface area (Å²) in [5, 5.41) is 0. The molecule has 0 amide bonds. The van der Waals surface area contributed by atoms with E-state index in [0.717, 1.165) is 6.07 Å². The van der Waals surface area contributed by atoms with E-state index in [-0.39, 0.29) is 17.9 Å². The molecule has 0 saturated heterocycles. The number of carbonyl (C=O) groups excluding carboxylic acids is 1. The lowest BCUT2D eigenvalue weighted by molar-refractivity contribution is -0.274. The SMILES string of the molecule is COCOc1ccccc1-c1cc(C=O)ccc1OC(F)(F)F. The van der Waals surface area contributed by atoms with E-state index in [1.807, 2.05) is 0 Å². The van der Waals surface area contributed by atoms with E-state index in [0.29, 0.717) is 17.6 Å². The number of alkyl halides is 3. The van der Waals surface area contributed by atoms with Gasteiger partial charge in [-0.3, -0.25) is 4.79 Å². The molecule has 0 bridgehead atoms. The maximum absolute atomic E-state index is 12.6. The van der Waals surface area contributed by atoms with Crippen molar-refractivity contribution in [2.45, 2.75) is 6.36 Å². The normalized spacial score (nSPS) is 11.1. The van der Waals surface area contributed by atoms with E-state index in [2.05, 4.69) is 4.74 Å². The summed E-state index contributed by atoms with van der Waals surface area (Å²) in [4.78, 5) is 10.9. The molecule has 0 aliphatic rings. The van der Waals surface area contributed by atoms with Gasteiger partial charge in [-0.05, 0) is 24.3 Å². The molecular formula is C16H13F3O4. The maximum Gasteiger partial charge on any atom is 0.573 e. The van der Waals surface area contributed by atoms with Crippen LogP contribution in [0.4, 0.5) is 13.2 Å². The number of aldehydes is 1. The molecule has 0 aliphatic heterocycles. The number of benzene rings is 2. The molecule has 0 aromatic heterocycles. The molecule has 0 radical (unpaired) electrons. The van der Waals surface area contributed by atoms with Gasteiger partial charge in [0.25, 0.3) is 0 Å². The van der Waals surface area contributed by atoms with Crippen LogP contribution in [0.5, 0.6) is 11.5 Å². The lowest BCUT2D eigenvalue weighted by Crippen LogP contribution is -2.17. The highest BCUT2D eigenvalue weighted by molar-refractivity contribution is 5.83. The highest BCUT2D eigenvalue weighted by Gasteiger charge is 2.32. The summed E-state index contributed by atoms with van der Waals surface area (Å²) < 4.78 is 51.9. The van der Waals surface area contributed by atoms with Gasteiger partial charge in [0.1, 0.15) is 17.8 Å². The van der Waals surface area contributed by atoms with Crippen molar-refractivity contribution in [1.29, 1.82) is 0 Å². The lowest BCUT2D eigenvalue weighted by Gasteiger charge is -2.16. The molecule has 0 heterocycles. The van der Waals surface area contributed by atoms with Crippen molar-refractivity contribution in [2.24, 2.45) is 0 Å². The third-order valence-corrected chi connectivity index (χ3v) is 2.87. The third-order valence-electron chi connectivity index (χ3n) is 2.87. The Morgan fingerprint density at radius 3 is 2.43 bits per heavy atom. The van der Waals surface area contributed by atoms with Gasteiger partial charge in [-0.25, -0.2) is 0 Å². The van der Waals surface area contributed by atoms with Crippen molar-refractivity contribution in [2.75, 3.05) is 13.9 Å². The van der Waals surface area contributed by atoms with Crippen LogP contribution in [0.3, 0.4) is 0 Å². The molecule has 2 rings (SSSR count). The van der Waals surface area contributed by atoms with Crippen LogP contribution < -0.4 is 9.47 Å². The van der Waals surface area contributed by atoms with Gasteiger partial charge >= 0.3 is 6.36 Å². The van der Waals surface area contributed by atoms with Crippen LogP contribution in [0.15, 0.2) is 42.5 Å². The first-order valence-corrected chi connectivity index (χ1v) is 6.50. The van der Waals surface area contributed by atoms with E-state index in [1.54, 1.807) is 24.3 Å². The van der Waals surface area contributed by atoms with Crippen molar-refractivity contribution in [3.8, 4) is 22.6 Å². The number of methoxy groups -OCH3 is 1. The van der Waals surface area contributed by atoms with Crippen molar-refractivity contribution in [3.63, 3.8) is 0 Å². The molecule has 0 spiro atoms. The molecular weight excluding hydrogens is 313 g/mol. The predicted octanol–water partition coefficient (Wildman–Crippen LogP) is 4.05. The zero-order chi connectivity index (χ0) is 16.9. The van der Waals surface area contributed by atoms with Gasteiger partial charge in [0.15, 0.2) is 6.79 Å². The van der Waals surface area contributed by atoms with Crippen LogP contribution in [0, 0.1) is 0 Å². The molecule has 0 saturated carbocycles. The van der Waals surface area contributed by atoms with Crippen molar-refractivity contribution in [1.82, 2.24) is 0 Å².